The van der Waals surface area contributed by atoms with Gasteiger partial charge in [-0.2, -0.15) is 0 Å². The van der Waals surface area contributed by atoms with Crippen molar-refractivity contribution in [2.24, 2.45) is 5.92 Å². The van der Waals surface area contributed by atoms with Gasteiger partial charge in [0.1, 0.15) is 5.69 Å². The van der Waals surface area contributed by atoms with Gasteiger partial charge in [-0.25, -0.2) is 0 Å². The van der Waals surface area contributed by atoms with E-state index in [9.17, 15) is 14.9 Å². The number of amides is 1. The molecular formula is C14H19N3O3. The minimum absolute atomic E-state index is 0.00625. The molecule has 1 saturated carbocycles. The topological polar surface area (TPSA) is 75.5 Å². The number of rotatable bonds is 6. The van der Waals surface area contributed by atoms with Crippen molar-refractivity contribution < 1.29 is 9.72 Å². The first-order valence-electron chi connectivity index (χ1n) is 6.80. The van der Waals surface area contributed by atoms with Gasteiger partial charge in [0.15, 0.2) is 0 Å². The number of nitro benzene ring substituents is 1. The predicted octanol–water partition coefficient (Wildman–Crippen LogP) is 2.51. The van der Waals surface area contributed by atoms with E-state index in [2.05, 4.69) is 5.32 Å². The molecule has 0 heterocycles. The number of nitrogens with zero attached hydrogens (tertiary/aromatic N) is 2. The van der Waals surface area contributed by atoms with E-state index in [1.807, 2.05) is 6.92 Å². The fourth-order valence-corrected chi connectivity index (χ4v) is 2.15. The minimum Gasteiger partial charge on any atom is -0.380 e. The van der Waals surface area contributed by atoms with Gasteiger partial charge in [0.25, 0.3) is 11.6 Å². The van der Waals surface area contributed by atoms with Crippen LogP contribution < -0.4 is 5.32 Å². The van der Waals surface area contributed by atoms with E-state index < -0.39 is 4.92 Å². The Hall–Kier alpha value is -2.11. The fourth-order valence-electron chi connectivity index (χ4n) is 2.15. The van der Waals surface area contributed by atoms with Crippen LogP contribution in [0.1, 0.15) is 30.1 Å². The van der Waals surface area contributed by atoms with Crippen molar-refractivity contribution in [3.8, 4) is 0 Å². The average Bonchev–Trinajstić information content (AvgIpc) is 3.21. The average molecular weight is 277 g/mol. The van der Waals surface area contributed by atoms with Crippen LogP contribution in [-0.4, -0.2) is 35.9 Å². The van der Waals surface area contributed by atoms with E-state index in [1.54, 1.807) is 18.0 Å². The number of anilines is 1. The second-order valence-electron chi connectivity index (χ2n) is 5.15. The van der Waals surface area contributed by atoms with E-state index >= 15 is 0 Å². The van der Waals surface area contributed by atoms with Gasteiger partial charge in [0.05, 0.1) is 4.92 Å². The zero-order valence-corrected chi connectivity index (χ0v) is 11.8. The summed E-state index contributed by atoms with van der Waals surface area (Å²) in [4.78, 5) is 24.5. The number of nitrogens with one attached hydrogen (secondary N) is 1. The third-order valence-electron chi connectivity index (χ3n) is 3.38. The quantitative estimate of drug-likeness (QED) is 0.640. The molecule has 1 amide bonds. The van der Waals surface area contributed by atoms with E-state index in [0.29, 0.717) is 23.7 Å². The Morgan fingerprint density at radius 2 is 2.20 bits per heavy atom. The van der Waals surface area contributed by atoms with Crippen LogP contribution in [0.15, 0.2) is 18.2 Å². The molecule has 6 heteroatoms. The highest BCUT2D eigenvalue weighted by molar-refractivity contribution is 5.95. The maximum atomic E-state index is 12.3. The highest BCUT2D eigenvalue weighted by atomic mass is 16.6. The van der Waals surface area contributed by atoms with Crippen molar-refractivity contribution in [2.45, 2.75) is 19.8 Å². The Morgan fingerprint density at radius 1 is 1.50 bits per heavy atom. The van der Waals surface area contributed by atoms with Gasteiger partial charge in [-0.3, -0.25) is 14.9 Å². The van der Waals surface area contributed by atoms with E-state index in [-0.39, 0.29) is 11.6 Å². The molecule has 0 radical (unpaired) electrons. The molecule has 1 aliphatic carbocycles. The standard InChI is InChI=1S/C14H19N3O3/c1-3-15-12-8-11(6-7-13(12)17(19)20)14(18)16(2)9-10-4-5-10/h6-8,10,15H,3-5,9H2,1-2H3. The molecule has 0 aliphatic heterocycles. The van der Waals surface area contributed by atoms with Crippen molar-refractivity contribution in [1.82, 2.24) is 4.90 Å². The first-order chi connectivity index (χ1) is 9.52. The van der Waals surface area contributed by atoms with Crippen LogP contribution >= 0.6 is 0 Å². The molecular weight excluding hydrogens is 258 g/mol. The Bertz CT molecular complexity index is 526. The van der Waals surface area contributed by atoms with Gasteiger partial charge in [0.2, 0.25) is 0 Å². The van der Waals surface area contributed by atoms with Gasteiger partial charge in [-0.05, 0) is 37.8 Å². The van der Waals surface area contributed by atoms with Gasteiger partial charge in [-0.1, -0.05) is 0 Å². The summed E-state index contributed by atoms with van der Waals surface area (Å²) in [6.07, 6.45) is 2.36. The largest absolute Gasteiger partial charge is 0.380 e. The molecule has 1 aromatic rings. The molecule has 1 N–H and O–H groups in total. The SMILES string of the molecule is CCNc1cc(C(=O)N(C)CC2CC2)ccc1[N+](=O)[O-]. The summed E-state index contributed by atoms with van der Waals surface area (Å²) in [6.45, 7) is 3.18. The number of benzene rings is 1. The lowest BCUT2D eigenvalue weighted by molar-refractivity contribution is -0.384. The van der Waals surface area contributed by atoms with Crippen molar-refractivity contribution in [3.63, 3.8) is 0 Å². The van der Waals surface area contributed by atoms with Crippen molar-refractivity contribution in [1.29, 1.82) is 0 Å². The zero-order valence-electron chi connectivity index (χ0n) is 11.8. The molecule has 0 aromatic heterocycles. The molecule has 0 spiro atoms. The maximum Gasteiger partial charge on any atom is 0.292 e. The normalized spacial score (nSPS) is 13.9. The van der Waals surface area contributed by atoms with E-state index in [1.165, 1.54) is 25.0 Å². The summed E-state index contributed by atoms with van der Waals surface area (Å²) in [5.74, 6) is 0.529. The summed E-state index contributed by atoms with van der Waals surface area (Å²) < 4.78 is 0. The summed E-state index contributed by atoms with van der Waals surface area (Å²) in [6, 6.07) is 4.47. The third kappa shape index (κ3) is 3.26. The summed E-state index contributed by atoms with van der Waals surface area (Å²) in [7, 11) is 1.77. The Balaban J connectivity index is 2.20. The lowest BCUT2D eigenvalue weighted by atomic mass is 10.1. The Morgan fingerprint density at radius 3 is 2.75 bits per heavy atom. The molecule has 0 saturated heterocycles. The van der Waals surface area contributed by atoms with E-state index in [0.717, 1.165) is 6.54 Å². The molecule has 0 bridgehead atoms. The molecule has 0 unspecified atom stereocenters. The molecule has 0 atom stereocenters. The van der Waals surface area contributed by atoms with E-state index in [4.69, 9.17) is 0 Å². The first-order valence-corrected chi connectivity index (χ1v) is 6.80. The number of hydrogen-bond donors (Lipinski definition) is 1. The summed E-state index contributed by atoms with van der Waals surface area (Å²) >= 11 is 0. The molecule has 20 heavy (non-hydrogen) atoms. The van der Waals surface area contributed by atoms with Gasteiger partial charge >= 0.3 is 0 Å². The van der Waals surface area contributed by atoms with Crippen LogP contribution in [-0.2, 0) is 0 Å². The molecule has 2 rings (SSSR count). The minimum atomic E-state index is -0.444. The van der Waals surface area contributed by atoms with Gasteiger partial charge < -0.3 is 10.2 Å². The third-order valence-corrected chi connectivity index (χ3v) is 3.38. The van der Waals surface area contributed by atoms with Crippen molar-refractivity contribution >= 4 is 17.3 Å². The molecule has 1 aromatic carbocycles. The monoisotopic (exact) mass is 277 g/mol. The van der Waals surface area contributed by atoms with Crippen LogP contribution in [0, 0.1) is 16.0 Å². The highest BCUT2D eigenvalue weighted by Crippen LogP contribution is 2.30. The van der Waals surface area contributed by atoms with Gasteiger partial charge in [0, 0.05) is 31.8 Å². The van der Waals surface area contributed by atoms with Crippen LogP contribution in [0.3, 0.4) is 0 Å². The van der Waals surface area contributed by atoms with Gasteiger partial charge in [-0.15, -0.1) is 0 Å². The Labute approximate surface area is 117 Å². The maximum absolute atomic E-state index is 12.3. The van der Waals surface area contributed by atoms with Crippen LogP contribution in [0.2, 0.25) is 0 Å². The number of carbonyl (C=O) groups excluding carboxylic acids is 1. The zero-order chi connectivity index (χ0) is 14.7. The number of carbonyl (C=O) groups is 1. The molecule has 1 fully saturated rings. The summed E-state index contributed by atoms with van der Waals surface area (Å²) in [5.41, 5.74) is 0.867. The fraction of sp³-hybridized carbons (Fsp3) is 0.500. The smallest absolute Gasteiger partial charge is 0.292 e. The second-order valence-corrected chi connectivity index (χ2v) is 5.15. The molecule has 1 aliphatic rings. The second kappa shape index (κ2) is 5.90. The first kappa shape index (κ1) is 14.3. The lowest BCUT2D eigenvalue weighted by Gasteiger charge is -2.17. The number of hydrogen-bond acceptors (Lipinski definition) is 4. The van der Waals surface area contributed by atoms with Crippen molar-refractivity contribution in [3.05, 3.63) is 33.9 Å². The molecule has 108 valence electrons. The predicted molar refractivity (Wildman–Crippen MR) is 76.9 cm³/mol. The molecule has 6 nitrogen and oxygen atoms in total. The van der Waals surface area contributed by atoms with Crippen LogP contribution in [0.4, 0.5) is 11.4 Å². The van der Waals surface area contributed by atoms with Crippen molar-refractivity contribution in [2.75, 3.05) is 25.5 Å². The highest BCUT2D eigenvalue weighted by Gasteiger charge is 2.26. The van der Waals surface area contributed by atoms with Crippen LogP contribution in [0.25, 0.3) is 0 Å². The van der Waals surface area contributed by atoms with Crippen LogP contribution in [0.5, 0.6) is 0 Å². The number of nitro groups is 1. The lowest BCUT2D eigenvalue weighted by Crippen LogP contribution is -2.28. The Kier molecular flexibility index (Phi) is 4.22. The summed E-state index contributed by atoms with van der Waals surface area (Å²) in [5, 5.41) is 13.9.